The number of hydrogen-bond acceptors (Lipinski definition) is 6. The molecule has 0 saturated heterocycles. The average molecular weight is 348 g/mol. The van der Waals surface area contributed by atoms with Gasteiger partial charge in [0.15, 0.2) is 0 Å². The minimum absolute atomic E-state index is 0.0459. The van der Waals surface area contributed by atoms with E-state index in [9.17, 15) is 14.4 Å². The lowest BCUT2D eigenvalue weighted by Gasteiger charge is -2.24. The Morgan fingerprint density at radius 2 is 1.29 bits per heavy atom. The lowest BCUT2D eigenvalue weighted by Crippen LogP contribution is -2.35. The Morgan fingerprint density at radius 1 is 0.917 bits per heavy atom. The number of nitrogens with zero attached hydrogens (tertiary/aromatic N) is 2. The van der Waals surface area contributed by atoms with Crippen molar-refractivity contribution in [3.05, 3.63) is 0 Å². The Balaban J connectivity index is 0. The van der Waals surface area contributed by atoms with E-state index in [1.807, 2.05) is 0 Å². The summed E-state index contributed by atoms with van der Waals surface area (Å²) in [5, 5.41) is 8.53. The first kappa shape index (κ1) is 24.4. The van der Waals surface area contributed by atoms with Crippen molar-refractivity contribution in [1.29, 1.82) is 0 Å². The second kappa shape index (κ2) is 10.9. The Labute approximate surface area is 144 Å². The lowest BCUT2D eigenvalue weighted by atomic mass is 10.2. The minimum atomic E-state index is -0.506. The van der Waals surface area contributed by atoms with Crippen LogP contribution in [0.1, 0.15) is 41.5 Å². The SMILES string of the molecule is CN(CC=O)C(=O)OC(C)(C)C.CN(CCO)C(=O)OC(C)(C)C. The van der Waals surface area contributed by atoms with Crippen molar-refractivity contribution >= 4 is 18.5 Å². The number of aliphatic hydroxyl groups is 1. The summed E-state index contributed by atoms with van der Waals surface area (Å²) in [4.78, 5) is 34.8. The third kappa shape index (κ3) is 15.1. The quantitative estimate of drug-likeness (QED) is 0.780. The van der Waals surface area contributed by atoms with Crippen LogP contribution in [0.25, 0.3) is 0 Å². The maximum atomic E-state index is 11.1. The highest BCUT2D eigenvalue weighted by Crippen LogP contribution is 2.09. The van der Waals surface area contributed by atoms with Crippen LogP contribution in [0.4, 0.5) is 9.59 Å². The molecule has 0 spiro atoms. The van der Waals surface area contributed by atoms with Gasteiger partial charge < -0.3 is 29.2 Å². The number of aldehydes is 1. The molecule has 0 heterocycles. The Morgan fingerprint density at radius 3 is 1.58 bits per heavy atom. The molecule has 0 aromatic heterocycles. The standard InChI is InChI=1S/C8H17NO3.C8H15NO3/c2*1-8(2,3)12-7(11)9(4)5-6-10/h10H,5-6H2,1-4H3;6H,5H2,1-4H3. The number of carbonyl (C=O) groups excluding carboxylic acids is 3. The summed E-state index contributed by atoms with van der Waals surface area (Å²) in [7, 11) is 3.10. The predicted octanol–water partition coefficient (Wildman–Crippen LogP) is 1.90. The van der Waals surface area contributed by atoms with Crippen molar-refractivity contribution in [2.24, 2.45) is 0 Å². The largest absolute Gasteiger partial charge is 0.444 e. The van der Waals surface area contributed by atoms with Gasteiger partial charge in [0.05, 0.1) is 13.2 Å². The highest BCUT2D eigenvalue weighted by Gasteiger charge is 2.19. The van der Waals surface area contributed by atoms with Gasteiger partial charge in [0.1, 0.15) is 17.5 Å². The van der Waals surface area contributed by atoms with Gasteiger partial charge in [0, 0.05) is 20.6 Å². The lowest BCUT2D eigenvalue weighted by molar-refractivity contribution is -0.108. The van der Waals surface area contributed by atoms with E-state index in [0.29, 0.717) is 12.8 Å². The smallest absolute Gasteiger partial charge is 0.410 e. The van der Waals surface area contributed by atoms with Crippen LogP contribution in [0, 0.1) is 0 Å². The topological polar surface area (TPSA) is 96.4 Å². The van der Waals surface area contributed by atoms with Crippen LogP contribution in [0.2, 0.25) is 0 Å². The molecule has 2 amide bonds. The number of aliphatic hydroxyl groups excluding tert-OH is 1. The van der Waals surface area contributed by atoms with E-state index < -0.39 is 23.4 Å². The minimum Gasteiger partial charge on any atom is -0.444 e. The van der Waals surface area contributed by atoms with Gasteiger partial charge in [-0.05, 0) is 41.5 Å². The summed E-state index contributed by atoms with van der Waals surface area (Å²) in [5.41, 5.74) is -0.977. The third-order valence-electron chi connectivity index (χ3n) is 2.19. The normalized spacial score (nSPS) is 10.9. The molecule has 142 valence electrons. The van der Waals surface area contributed by atoms with Gasteiger partial charge in [0.25, 0.3) is 0 Å². The van der Waals surface area contributed by atoms with E-state index in [1.165, 1.54) is 16.8 Å². The highest BCUT2D eigenvalue weighted by molar-refractivity contribution is 5.71. The van der Waals surface area contributed by atoms with Crippen LogP contribution < -0.4 is 0 Å². The fourth-order valence-corrected chi connectivity index (χ4v) is 1.11. The Bertz CT molecular complexity index is 398. The van der Waals surface area contributed by atoms with E-state index in [2.05, 4.69) is 0 Å². The molecule has 0 fully saturated rings. The molecule has 24 heavy (non-hydrogen) atoms. The molecule has 0 aromatic rings. The molecular weight excluding hydrogens is 316 g/mol. The zero-order chi connectivity index (χ0) is 19.6. The molecular formula is C16H32N2O6. The predicted molar refractivity (Wildman–Crippen MR) is 90.9 cm³/mol. The van der Waals surface area contributed by atoms with Gasteiger partial charge in [0.2, 0.25) is 0 Å². The van der Waals surface area contributed by atoms with Crippen LogP contribution in [0.3, 0.4) is 0 Å². The monoisotopic (exact) mass is 348 g/mol. The van der Waals surface area contributed by atoms with Gasteiger partial charge in [-0.2, -0.15) is 0 Å². The van der Waals surface area contributed by atoms with Gasteiger partial charge in [-0.3, -0.25) is 0 Å². The summed E-state index contributed by atoms with van der Waals surface area (Å²) in [5.74, 6) is 0. The molecule has 0 radical (unpaired) electrons. The maximum absolute atomic E-state index is 11.1. The fourth-order valence-electron chi connectivity index (χ4n) is 1.11. The van der Waals surface area contributed by atoms with Crippen LogP contribution in [0.15, 0.2) is 0 Å². The number of carbonyl (C=O) groups is 3. The third-order valence-corrected chi connectivity index (χ3v) is 2.19. The molecule has 0 aromatic carbocycles. The van der Waals surface area contributed by atoms with E-state index in [1.54, 1.807) is 48.6 Å². The zero-order valence-corrected chi connectivity index (χ0v) is 16.1. The van der Waals surface area contributed by atoms with Crippen molar-refractivity contribution < 1.29 is 29.0 Å². The second-order valence-corrected chi connectivity index (χ2v) is 7.15. The number of amides is 2. The van der Waals surface area contributed by atoms with Crippen molar-refractivity contribution in [3.63, 3.8) is 0 Å². The van der Waals surface area contributed by atoms with Gasteiger partial charge >= 0.3 is 12.2 Å². The van der Waals surface area contributed by atoms with Crippen LogP contribution in [0.5, 0.6) is 0 Å². The van der Waals surface area contributed by atoms with Crippen molar-refractivity contribution in [3.8, 4) is 0 Å². The summed E-state index contributed by atoms with van der Waals surface area (Å²) >= 11 is 0. The number of likely N-dealkylation sites (N-methyl/N-ethyl adjacent to an activating group) is 2. The number of ether oxygens (including phenoxy) is 2. The Hall–Kier alpha value is -1.83. The summed E-state index contributed by atoms with van der Waals surface area (Å²) < 4.78 is 10.0. The first-order valence-corrected chi connectivity index (χ1v) is 7.66. The van der Waals surface area contributed by atoms with E-state index in [4.69, 9.17) is 14.6 Å². The molecule has 8 nitrogen and oxygen atoms in total. The van der Waals surface area contributed by atoms with Crippen LogP contribution >= 0.6 is 0 Å². The molecule has 0 unspecified atom stereocenters. The average Bonchev–Trinajstić information content (AvgIpc) is 2.36. The van der Waals surface area contributed by atoms with Crippen molar-refractivity contribution in [2.75, 3.05) is 33.8 Å². The molecule has 0 aliphatic heterocycles. The molecule has 0 rings (SSSR count). The number of hydrogen-bond donors (Lipinski definition) is 1. The summed E-state index contributed by atoms with van der Waals surface area (Å²) in [6.07, 6.45) is -0.227. The summed E-state index contributed by atoms with van der Waals surface area (Å²) in [6.45, 7) is 11.1. The fraction of sp³-hybridized carbons (Fsp3) is 0.812. The van der Waals surface area contributed by atoms with Crippen LogP contribution in [-0.4, -0.2) is 78.4 Å². The second-order valence-electron chi connectivity index (χ2n) is 7.15. The van der Waals surface area contributed by atoms with E-state index >= 15 is 0 Å². The van der Waals surface area contributed by atoms with Gasteiger partial charge in [-0.1, -0.05) is 0 Å². The van der Waals surface area contributed by atoms with Crippen LogP contribution in [-0.2, 0) is 14.3 Å². The molecule has 1 N–H and O–H groups in total. The first-order chi connectivity index (χ1) is 10.7. The highest BCUT2D eigenvalue weighted by atomic mass is 16.6. The Kier molecular flexibility index (Phi) is 11.0. The zero-order valence-electron chi connectivity index (χ0n) is 16.1. The maximum Gasteiger partial charge on any atom is 0.410 e. The number of rotatable bonds is 4. The van der Waals surface area contributed by atoms with Gasteiger partial charge in [-0.15, -0.1) is 0 Å². The van der Waals surface area contributed by atoms with Crippen molar-refractivity contribution in [2.45, 2.75) is 52.7 Å². The van der Waals surface area contributed by atoms with E-state index in [-0.39, 0.29) is 13.2 Å². The molecule has 8 heteroatoms. The molecule has 0 saturated carbocycles. The molecule has 0 atom stereocenters. The summed E-state index contributed by atoms with van der Waals surface area (Å²) in [6, 6.07) is 0. The van der Waals surface area contributed by atoms with Crippen molar-refractivity contribution in [1.82, 2.24) is 9.80 Å². The molecule has 0 aliphatic rings. The molecule has 0 bridgehead atoms. The first-order valence-electron chi connectivity index (χ1n) is 7.66. The van der Waals surface area contributed by atoms with E-state index in [0.717, 1.165) is 0 Å². The molecule has 0 aliphatic carbocycles. The van der Waals surface area contributed by atoms with Gasteiger partial charge in [-0.25, -0.2) is 9.59 Å².